The average Bonchev–Trinajstić information content (AvgIpc) is 3.45. The Labute approximate surface area is 191 Å². The lowest BCUT2D eigenvalue weighted by Gasteiger charge is -2.26. The topological polar surface area (TPSA) is 66.6 Å². The highest BCUT2D eigenvalue weighted by molar-refractivity contribution is 5.93. The number of carbonyl (C=O) groups excluding carboxylic acids is 1. The largest absolute Gasteiger partial charge is 0.347 e. The molecule has 4 heterocycles. The van der Waals surface area contributed by atoms with Crippen molar-refractivity contribution in [3.05, 3.63) is 77.8 Å². The fraction of sp³-hybridized carbons (Fsp3) is 0.280. The van der Waals surface area contributed by atoms with Crippen molar-refractivity contribution in [1.29, 1.82) is 0 Å². The molecule has 8 heteroatoms. The summed E-state index contributed by atoms with van der Waals surface area (Å²) in [5.41, 5.74) is 4.38. The van der Waals surface area contributed by atoms with Crippen molar-refractivity contribution in [2.24, 2.45) is 0 Å². The van der Waals surface area contributed by atoms with Crippen LogP contribution in [0.4, 0.5) is 10.3 Å². The van der Waals surface area contributed by atoms with Gasteiger partial charge in [0.15, 0.2) is 0 Å². The third-order valence-electron chi connectivity index (χ3n) is 6.01. The zero-order valence-corrected chi connectivity index (χ0v) is 18.9. The van der Waals surface area contributed by atoms with Crippen molar-refractivity contribution < 1.29 is 9.18 Å². The molecule has 0 radical (unpaired) electrons. The van der Waals surface area contributed by atoms with Crippen molar-refractivity contribution >= 4 is 17.5 Å². The SMILES string of the molecule is Cc1ccn2cc(C(=O)N3CCC[C@H]3c3nc(N(C)C)ncc3-c3cccc(F)c3)nc2c1. The zero-order valence-electron chi connectivity index (χ0n) is 18.9. The molecule has 0 aliphatic carbocycles. The number of benzene rings is 1. The summed E-state index contributed by atoms with van der Waals surface area (Å²) in [5, 5.41) is 0. The molecule has 0 N–H and O–H groups in total. The summed E-state index contributed by atoms with van der Waals surface area (Å²) in [4.78, 5) is 31.0. The Balaban J connectivity index is 1.57. The molecule has 168 valence electrons. The molecule has 1 amide bonds. The van der Waals surface area contributed by atoms with E-state index in [9.17, 15) is 9.18 Å². The molecule has 3 aromatic heterocycles. The Hall–Kier alpha value is -3.81. The van der Waals surface area contributed by atoms with Crippen LogP contribution < -0.4 is 4.90 Å². The second-order valence-electron chi connectivity index (χ2n) is 8.63. The average molecular weight is 445 g/mol. The minimum Gasteiger partial charge on any atom is -0.347 e. The van der Waals surface area contributed by atoms with Gasteiger partial charge in [-0.05, 0) is 55.2 Å². The molecular weight excluding hydrogens is 419 g/mol. The van der Waals surface area contributed by atoms with Crippen LogP contribution in [0, 0.1) is 12.7 Å². The normalized spacial score (nSPS) is 15.9. The van der Waals surface area contributed by atoms with Gasteiger partial charge < -0.3 is 14.2 Å². The van der Waals surface area contributed by atoms with Crippen LogP contribution in [0.2, 0.25) is 0 Å². The molecule has 1 aliphatic heterocycles. The molecule has 7 nitrogen and oxygen atoms in total. The molecule has 1 fully saturated rings. The smallest absolute Gasteiger partial charge is 0.274 e. The summed E-state index contributed by atoms with van der Waals surface area (Å²) in [6, 6.07) is 10.1. The predicted octanol–water partition coefficient (Wildman–Crippen LogP) is 4.28. The van der Waals surface area contributed by atoms with E-state index < -0.39 is 0 Å². The Bertz CT molecular complexity index is 1350. The van der Waals surface area contributed by atoms with Crippen LogP contribution in [-0.4, -0.2) is 50.8 Å². The van der Waals surface area contributed by atoms with Gasteiger partial charge in [-0.25, -0.2) is 19.3 Å². The van der Waals surface area contributed by atoms with Crippen molar-refractivity contribution in [3.63, 3.8) is 0 Å². The number of hydrogen-bond acceptors (Lipinski definition) is 5. The highest BCUT2D eigenvalue weighted by Gasteiger charge is 2.35. The Morgan fingerprint density at radius 1 is 1.18 bits per heavy atom. The fourth-order valence-corrected chi connectivity index (χ4v) is 4.36. The van der Waals surface area contributed by atoms with E-state index >= 15 is 0 Å². The van der Waals surface area contributed by atoms with Crippen LogP contribution in [0.25, 0.3) is 16.8 Å². The van der Waals surface area contributed by atoms with Gasteiger partial charge in [0.2, 0.25) is 5.95 Å². The second kappa shape index (κ2) is 8.27. The van der Waals surface area contributed by atoms with Gasteiger partial charge in [0.1, 0.15) is 17.2 Å². The monoisotopic (exact) mass is 444 g/mol. The molecule has 33 heavy (non-hydrogen) atoms. The van der Waals surface area contributed by atoms with Gasteiger partial charge in [0.05, 0.1) is 11.7 Å². The van der Waals surface area contributed by atoms with Crippen LogP contribution in [0.3, 0.4) is 0 Å². The van der Waals surface area contributed by atoms with Gasteiger partial charge >= 0.3 is 0 Å². The molecule has 5 rings (SSSR count). The molecule has 1 saturated heterocycles. The van der Waals surface area contributed by atoms with E-state index in [1.807, 2.05) is 59.6 Å². The number of halogens is 1. The first-order valence-electron chi connectivity index (χ1n) is 11.0. The first-order valence-corrected chi connectivity index (χ1v) is 11.0. The van der Waals surface area contributed by atoms with Gasteiger partial charge in [0, 0.05) is 44.8 Å². The highest BCUT2D eigenvalue weighted by Crippen LogP contribution is 2.38. The van der Waals surface area contributed by atoms with E-state index in [0.717, 1.165) is 35.3 Å². The predicted molar refractivity (Wildman–Crippen MR) is 125 cm³/mol. The summed E-state index contributed by atoms with van der Waals surface area (Å²) in [5.74, 6) is 0.0937. The van der Waals surface area contributed by atoms with E-state index in [1.165, 1.54) is 12.1 Å². The number of amides is 1. The van der Waals surface area contributed by atoms with Crippen LogP contribution in [0.5, 0.6) is 0 Å². The number of aromatic nitrogens is 4. The number of pyridine rings is 1. The van der Waals surface area contributed by atoms with Crippen LogP contribution in [0.1, 0.15) is 40.6 Å². The van der Waals surface area contributed by atoms with E-state index in [-0.39, 0.29) is 17.8 Å². The molecule has 1 aromatic carbocycles. The Morgan fingerprint density at radius 3 is 2.82 bits per heavy atom. The Morgan fingerprint density at radius 2 is 2.03 bits per heavy atom. The second-order valence-corrected chi connectivity index (χ2v) is 8.63. The number of hydrogen-bond donors (Lipinski definition) is 0. The van der Waals surface area contributed by atoms with Crippen LogP contribution >= 0.6 is 0 Å². The molecule has 4 aromatic rings. The van der Waals surface area contributed by atoms with Crippen molar-refractivity contribution in [1.82, 2.24) is 24.3 Å². The van der Waals surface area contributed by atoms with Gasteiger partial charge in [0.25, 0.3) is 5.91 Å². The van der Waals surface area contributed by atoms with E-state index in [4.69, 9.17) is 4.98 Å². The number of likely N-dealkylation sites (tertiary alicyclic amines) is 1. The molecule has 0 bridgehead atoms. The summed E-state index contributed by atoms with van der Waals surface area (Å²) in [7, 11) is 3.74. The van der Waals surface area contributed by atoms with Gasteiger partial charge in [-0.3, -0.25) is 4.79 Å². The van der Waals surface area contributed by atoms with E-state index in [2.05, 4.69) is 9.97 Å². The van der Waals surface area contributed by atoms with Gasteiger partial charge in [-0.1, -0.05) is 12.1 Å². The lowest BCUT2D eigenvalue weighted by molar-refractivity contribution is 0.0728. The lowest BCUT2D eigenvalue weighted by atomic mass is 9.99. The number of aryl methyl sites for hydroxylation is 1. The molecule has 0 spiro atoms. The molecule has 0 unspecified atom stereocenters. The molecular formula is C25H25FN6O. The number of carbonyl (C=O) groups is 1. The van der Waals surface area contributed by atoms with Crippen LogP contribution in [0.15, 0.2) is 55.0 Å². The fourth-order valence-electron chi connectivity index (χ4n) is 4.36. The van der Waals surface area contributed by atoms with Crippen molar-refractivity contribution in [2.45, 2.75) is 25.8 Å². The minimum atomic E-state index is -0.325. The van der Waals surface area contributed by atoms with Crippen molar-refractivity contribution in [2.75, 3.05) is 25.5 Å². The first-order chi connectivity index (χ1) is 15.9. The lowest BCUT2D eigenvalue weighted by Crippen LogP contribution is -2.32. The molecule has 1 aliphatic rings. The van der Waals surface area contributed by atoms with E-state index in [1.54, 1.807) is 18.5 Å². The summed E-state index contributed by atoms with van der Waals surface area (Å²) < 4.78 is 15.9. The third kappa shape index (κ3) is 3.92. The standard InChI is InChI=1S/C25H25FN6O/c1-16-9-11-31-15-20(28-22(31)12-16)24(33)32-10-5-8-21(32)23-19(14-27-25(29-23)30(2)3)17-6-4-7-18(26)13-17/h4,6-7,9,11-15,21H,5,8,10H2,1-3H3/t21-/m0/s1. The maximum absolute atomic E-state index is 14.0. The maximum Gasteiger partial charge on any atom is 0.274 e. The van der Waals surface area contributed by atoms with E-state index in [0.29, 0.717) is 23.8 Å². The maximum atomic E-state index is 14.0. The summed E-state index contributed by atoms with van der Waals surface area (Å²) in [6.07, 6.45) is 7.02. The van der Waals surface area contributed by atoms with Crippen molar-refractivity contribution in [3.8, 4) is 11.1 Å². The third-order valence-corrected chi connectivity index (χ3v) is 6.01. The highest BCUT2D eigenvalue weighted by atomic mass is 19.1. The number of rotatable bonds is 4. The zero-order chi connectivity index (χ0) is 23.1. The summed E-state index contributed by atoms with van der Waals surface area (Å²) in [6.45, 7) is 2.61. The molecule has 1 atom stereocenters. The number of imidazole rings is 1. The van der Waals surface area contributed by atoms with Gasteiger partial charge in [-0.2, -0.15) is 0 Å². The number of nitrogens with zero attached hydrogens (tertiary/aromatic N) is 6. The van der Waals surface area contributed by atoms with Crippen LogP contribution in [-0.2, 0) is 0 Å². The number of anilines is 1. The minimum absolute atomic E-state index is 0.130. The summed E-state index contributed by atoms with van der Waals surface area (Å²) >= 11 is 0. The first kappa shape index (κ1) is 21.1. The van der Waals surface area contributed by atoms with Gasteiger partial charge in [-0.15, -0.1) is 0 Å². The number of fused-ring (bicyclic) bond motifs is 1. The Kier molecular flexibility index (Phi) is 5.28. The quantitative estimate of drug-likeness (QED) is 0.470. The molecule has 0 saturated carbocycles.